The highest BCUT2D eigenvalue weighted by Gasteiger charge is 2.26. The van der Waals surface area contributed by atoms with Crippen molar-refractivity contribution in [2.24, 2.45) is 0 Å². The van der Waals surface area contributed by atoms with E-state index in [9.17, 15) is 9.59 Å². The van der Waals surface area contributed by atoms with Crippen molar-refractivity contribution < 1.29 is 9.59 Å². The Morgan fingerprint density at radius 2 is 1.75 bits per heavy atom. The molecule has 2 aliphatic rings. The van der Waals surface area contributed by atoms with Crippen LogP contribution in [0.1, 0.15) is 66.1 Å². The fraction of sp³-hybridized carbons (Fsp3) is 0.267. The van der Waals surface area contributed by atoms with Crippen LogP contribution in [-0.4, -0.2) is 28.6 Å². The molecule has 0 radical (unpaired) electrons. The minimum Gasteiger partial charge on any atom is -0.349 e. The molecule has 0 spiro atoms. The molecule has 0 saturated heterocycles. The Labute approximate surface area is 211 Å². The summed E-state index contributed by atoms with van der Waals surface area (Å²) in [5, 5.41) is 14.6. The number of pyridine rings is 1. The van der Waals surface area contributed by atoms with Crippen LogP contribution in [-0.2, 0) is 4.79 Å². The maximum Gasteiger partial charge on any atom is 0.256 e. The molecular formula is C30H30N4O2. The molecule has 5 rings (SSSR count). The van der Waals surface area contributed by atoms with E-state index < -0.39 is 0 Å². The van der Waals surface area contributed by atoms with Gasteiger partial charge in [-0.15, -0.1) is 0 Å². The molecule has 1 saturated carbocycles. The van der Waals surface area contributed by atoms with E-state index in [1.165, 1.54) is 0 Å². The number of aryl methyl sites for hydroxylation is 1. The monoisotopic (exact) mass is 478 g/mol. The first-order valence-electron chi connectivity index (χ1n) is 12.5. The highest BCUT2D eigenvalue weighted by Crippen LogP contribution is 2.35. The third kappa shape index (κ3) is 4.71. The summed E-state index contributed by atoms with van der Waals surface area (Å²) in [5.74, 6) is -0.273. The Balaban J connectivity index is 1.40. The minimum absolute atomic E-state index is 0.0570. The molecular weight excluding hydrogens is 448 g/mol. The molecule has 1 fully saturated rings. The predicted molar refractivity (Wildman–Crippen MR) is 143 cm³/mol. The normalized spacial score (nSPS) is 15.6. The Morgan fingerprint density at radius 1 is 0.944 bits per heavy atom. The molecule has 0 atom stereocenters. The van der Waals surface area contributed by atoms with Gasteiger partial charge < -0.3 is 16.0 Å². The summed E-state index contributed by atoms with van der Waals surface area (Å²) in [7, 11) is 0. The molecule has 0 aliphatic heterocycles. The summed E-state index contributed by atoms with van der Waals surface area (Å²) in [6.45, 7) is 3.80. The number of anilines is 1. The van der Waals surface area contributed by atoms with Crippen LogP contribution < -0.4 is 10.6 Å². The largest absolute Gasteiger partial charge is 0.349 e. The fourth-order valence-corrected chi connectivity index (χ4v) is 5.25. The zero-order chi connectivity index (χ0) is 25.2. The van der Waals surface area contributed by atoms with Gasteiger partial charge in [-0.05, 0) is 73.7 Å². The maximum atomic E-state index is 13.5. The van der Waals surface area contributed by atoms with Crippen LogP contribution in [0.25, 0.3) is 16.7 Å². The molecule has 3 aromatic rings. The van der Waals surface area contributed by atoms with Crippen LogP contribution >= 0.6 is 0 Å². The summed E-state index contributed by atoms with van der Waals surface area (Å²) < 4.78 is 0. The van der Waals surface area contributed by atoms with Crippen molar-refractivity contribution in [3.05, 3.63) is 88.8 Å². The van der Waals surface area contributed by atoms with Gasteiger partial charge in [-0.3, -0.25) is 14.6 Å². The number of amides is 2. The van der Waals surface area contributed by atoms with Crippen LogP contribution in [0.3, 0.4) is 0 Å². The maximum absolute atomic E-state index is 13.5. The minimum atomic E-state index is -0.216. The molecule has 182 valence electrons. The van der Waals surface area contributed by atoms with Gasteiger partial charge in [-0.2, -0.15) is 0 Å². The van der Waals surface area contributed by atoms with Gasteiger partial charge in [0.15, 0.2) is 0 Å². The first kappa shape index (κ1) is 23.7. The number of carbonyl (C=O) groups is 2. The lowest BCUT2D eigenvalue weighted by Crippen LogP contribution is -2.33. The second kappa shape index (κ2) is 9.90. The summed E-state index contributed by atoms with van der Waals surface area (Å²) >= 11 is 0. The second-order valence-corrected chi connectivity index (χ2v) is 9.75. The van der Waals surface area contributed by atoms with Crippen LogP contribution in [0, 0.1) is 12.3 Å². The molecule has 3 N–H and O–H groups in total. The smallest absolute Gasteiger partial charge is 0.256 e. The Morgan fingerprint density at radius 3 is 2.47 bits per heavy atom. The van der Waals surface area contributed by atoms with Crippen molar-refractivity contribution in [2.75, 3.05) is 5.32 Å². The quantitative estimate of drug-likeness (QED) is 0.425. The number of hydrogen-bond donors (Lipinski definition) is 3. The van der Waals surface area contributed by atoms with E-state index in [2.05, 4.69) is 15.6 Å². The molecule has 0 unspecified atom stereocenters. The van der Waals surface area contributed by atoms with E-state index in [1.807, 2.05) is 50.2 Å². The number of carbonyl (C=O) groups excluding carboxylic acids is 2. The first-order valence-corrected chi connectivity index (χ1v) is 12.5. The number of hydrogen-bond acceptors (Lipinski definition) is 4. The van der Waals surface area contributed by atoms with Crippen molar-refractivity contribution in [2.45, 2.75) is 52.0 Å². The molecule has 1 heterocycles. The number of fused-ring (bicyclic) bond motifs is 1. The number of aromatic nitrogens is 1. The van der Waals surface area contributed by atoms with Gasteiger partial charge in [0.05, 0.1) is 0 Å². The Hall–Kier alpha value is -4.06. The molecule has 0 bridgehead atoms. The van der Waals surface area contributed by atoms with E-state index in [-0.39, 0.29) is 17.9 Å². The van der Waals surface area contributed by atoms with Crippen LogP contribution in [0.4, 0.5) is 5.69 Å². The van der Waals surface area contributed by atoms with Crippen LogP contribution in [0.15, 0.2) is 66.5 Å². The summed E-state index contributed by atoms with van der Waals surface area (Å²) in [6, 6.07) is 15.4. The van der Waals surface area contributed by atoms with Crippen molar-refractivity contribution in [3.63, 3.8) is 0 Å². The van der Waals surface area contributed by atoms with Crippen molar-refractivity contribution in [1.29, 1.82) is 5.41 Å². The molecule has 6 nitrogen and oxygen atoms in total. The van der Waals surface area contributed by atoms with E-state index >= 15 is 0 Å². The standard InChI is InChI=1S/C30H30N4O2/c1-18-14-23(10-12-24(18)29(35)33-22-7-3-4-8-22)34-30(36)28-19(2)15-27(31)25-11-9-20(16-26(25)28)21-6-5-13-32-17-21/h5-6,9-14,16-17,22,31H,3-4,7-8,15H2,1-2H3,(H,33,35)(H,34,36). The van der Waals surface area contributed by atoms with Gasteiger partial charge >= 0.3 is 0 Å². The van der Waals surface area contributed by atoms with Crippen LogP contribution in [0.5, 0.6) is 0 Å². The number of rotatable bonds is 5. The lowest BCUT2D eigenvalue weighted by Gasteiger charge is -2.23. The van der Waals surface area contributed by atoms with Gasteiger partial charge in [-0.25, -0.2) is 0 Å². The van der Waals surface area contributed by atoms with Crippen molar-refractivity contribution >= 4 is 28.8 Å². The Bertz CT molecular complexity index is 1390. The highest BCUT2D eigenvalue weighted by atomic mass is 16.2. The average Bonchev–Trinajstić information content (AvgIpc) is 3.37. The number of allylic oxidation sites excluding steroid dienone is 1. The topological polar surface area (TPSA) is 94.9 Å². The molecule has 36 heavy (non-hydrogen) atoms. The zero-order valence-corrected chi connectivity index (χ0v) is 20.7. The van der Waals surface area contributed by atoms with Gasteiger partial charge in [-0.1, -0.05) is 36.6 Å². The highest BCUT2D eigenvalue weighted by molar-refractivity contribution is 6.30. The van der Waals surface area contributed by atoms with Crippen molar-refractivity contribution in [1.82, 2.24) is 10.3 Å². The summed E-state index contributed by atoms with van der Waals surface area (Å²) in [5.41, 5.74) is 7.48. The lowest BCUT2D eigenvalue weighted by molar-refractivity contribution is -0.111. The SMILES string of the molecule is CC1=C(C(=O)Nc2ccc(C(=O)NC3CCCC3)c(C)c2)c2cc(-c3cccnc3)ccc2C(=N)C1. The molecule has 2 aromatic carbocycles. The molecule has 6 heteroatoms. The fourth-order valence-electron chi connectivity index (χ4n) is 5.25. The molecule has 2 amide bonds. The van der Waals surface area contributed by atoms with Gasteiger partial charge in [0, 0.05) is 58.5 Å². The number of benzene rings is 2. The van der Waals surface area contributed by atoms with Gasteiger partial charge in [0.25, 0.3) is 11.8 Å². The Kier molecular flexibility index (Phi) is 6.51. The number of nitrogens with zero attached hydrogens (tertiary/aromatic N) is 1. The number of nitrogens with one attached hydrogen (secondary N) is 3. The average molecular weight is 479 g/mol. The molecule has 1 aromatic heterocycles. The second-order valence-electron chi connectivity index (χ2n) is 9.75. The van der Waals surface area contributed by atoms with Crippen LogP contribution in [0.2, 0.25) is 0 Å². The summed E-state index contributed by atoms with van der Waals surface area (Å²) in [6.07, 6.45) is 8.35. The lowest BCUT2D eigenvalue weighted by atomic mass is 9.83. The van der Waals surface area contributed by atoms with E-state index in [0.29, 0.717) is 29.0 Å². The third-order valence-electron chi connectivity index (χ3n) is 7.12. The zero-order valence-electron chi connectivity index (χ0n) is 20.7. The predicted octanol–water partition coefficient (Wildman–Crippen LogP) is 5.91. The molecule has 2 aliphatic carbocycles. The van der Waals surface area contributed by atoms with E-state index in [4.69, 9.17) is 5.41 Å². The van der Waals surface area contributed by atoms with Gasteiger partial charge in [0.1, 0.15) is 0 Å². The summed E-state index contributed by atoms with van der Waals surface area (Å²) in [4.78, 5) is 30.5. The van der Waals surface area contributed by atoms with E-state index in [1.54, 1.807) is 24.5 Å². The third-order valence-corrected chi connectivity index (χ3v) is 7.12. The first-order chi connectivity index (χ1) is 17.4. The van der Waals surface area contributed by atoms with E-state index in [0.717, 1.165) is 59.1 Å². The van der Waals surface area contributed by atoms with Crippen molar-refractivity contribution in [3.8, 4) is 11.1 Å². The van der Waals surface area contributed by atoms with Gasteiger partial charge in [0.2, 0.25) is 0 Å².